The molecule has 0 fully saturated rings. The van der Waals surface area contributed by atoms with Crippen molar-refractivity contribution in [1.29, 1.82) is 0 Å². The summed E-state index contributed by atoms with van der Waals surface area (Å²) in [4.78, 5) is 22.0. The second-order valence-corrected chi connectivity index (χ2v) is 8.55. The molecule has 29 heavy (non-hydrogen) atoms. The number of carboxylic acids is 1. The van der Waals surface area contributed by atoms with Crippen LogP contribution in [0.25, 0.3) is 0 Å². The third kappa shape index (κ3) is 4.95. The number of nitrogens with zero attached hydrogens (tertiary/aromatic N) is 2. The smallest absolute Gasteiger partial charge is 0.307 e. The number of guanidine groups is 1. The number of anilines is 1. The van der Waals surface area contributed by atoms with Crippen molar-refractivity contribution >= 4 is 40.8 Å². The summed E-state index contributed by atoms with van der Waals surface area (Å²) in [5.41, 5.74) is 1.82. The van der Waals surface area contributed by atoms with Gasteiger partial charge in [0.2, 0.25) is 5.96 Å². The van der Waals surface area contributed by atoms with Crippen LogP contribution in [0.5, 0.6) is 5.75 Å². The number of rotatable bonds is 5. The van der Waals surface area contributed by atoms with Crippen molar-refractivity contribution in [3.8, 4) is 5.75 Å². The molecule has 154 valence electrons. The molecule has 1 aliphatic heterocycles. The number of hydrogen-bond donors (Lipinski definition) is 2. The maximum Gasteiger partial charge on any atom is 0.307 e. The highest BCUT2D eigenvalue weighted by atomic mass is 35.5. The first-order chi connectivity index (χ1) is 13.7. The Morgan fingerprint density at radius 3 is 2.48 bits per heavy atom. The molecule has 6 nitrogen and oxygen atoms in total. The Kier molecular flexibility index (Phi) is 6.24. The molecular weight excluding hydrogens is 413 g/mol. The Bertz CT molecular complexity index is 934. The summed E-state index contributed by atoms with van der Waals surface area (Å²) in [5.74, 6) is 0.0752. The van der Waals surface area contributed by atoms with Crippen LogP contribution in [0.3, 0.4) is 0 Å². The molecule has 0 spiro atoms. The lowest BCUT2D eigenvalue weighted by Crippen LogP contribution is -2.37. The number of hydroxylamine groups is 2. The van der Waals surface area contributed by atoms with E-state index < -0.39 is 5.97 Å². The van der Waals surface area contributed by atoms with Gasteiger partial charge in [0.15, 0.2) is 5.75 Å². The van der Waals surface area contributed by atoms with Gasteiger partial charge < -0.3 is 15.3 Å². The Morgan fingerprint density at radius 1 is 1.21 bits per heavy atom. The number of benzene rings is 2. The molecule has 8 heteroatoms. The van der Waals surface area contributed by atoms with Gasteiger partial charge in [-0.05, 0) is 17.5 Å². The van der Waals surface area contributed by atoms with E-state index in [2.05, 4.69) is 31.1 Å². The second-order valence-electron chi connectivity index (χ2n) is 7.73. The molecule has 0 bridgehead atoms. The molecule has 0 amide bonds. The van der Waals surface area contributed by atoms with Crippen LogP contribution in [-0.2, 0) is 16.6 Å². The number of hydrogen-bond acceptors (Lipinski definition) is 5. The van der Waals surface area contributed by atoms with Crippen molar-refractivity contribution in [3.05, 3.63) is 57.6 Å². The molecular formula is C21H23Cl2N3O3. The van der Waals surface area contributed by atoms with E-state index in [0.29, 0.717) is 46.1 Å². The summed E-state index contributed by atoms with van der Waals surface area (Å²) in [6, 6.07) is 10.8. The molecule has 1 aliphatic rings. The predicted octanol–water partition coefficient (Wildman–Crippen LogP) is 5.00. The summed E-state index contributed by atoms with van der Waals surface area (Å²) in [6.07, 6.45) is -0.136. The van der Waals surface area contributed by atoms with Crippen LogP contribution < -0.4 is 10.2 Å². The van der Waals surface area contributed by atoms with Crippen LogP contribution >= 0.6 is 23.2 Å². The number of aliphatic imine (C=N–C) groups is 1. The van der Waals surface area contributed by atoms with E-state index in [9.17, 15) is 9.90 Å². The highest BCUT2D eigenvalue weighted by Gasteiger charge is 2.27. The summed E-state index contributed by atoms with van der Waals surface area (Å²) in [6.45, 7) is 7.20. The fourth-order valence-corrected chi connectivity index (χ4v) is 3.54. The first-order valence-corrected chi connectivity index (χ1v) is 9.97. The highest BCUT2D eigenvalue weighted by molar-refractivity contribution is 6.39. The van der Waals surface area contributed by atoms with Crippen molar-refractivity contribution in [2.24, 2.45) is 4.99 Å². The summed E-state index contributed by atoms with van der Waals surface area (Å²) in [7, 11) is 0. The van der Waals surface area contributed by atoms with E-state index in [0.717, 1.165) is 5.56 Å². The molecule has 1 heterocycles. The zero-order valence-corrected chi connectivity index (χ0v) is 18.0. The van der Waals surface area contributed by atoms with Gasteiger partial charge in [0, 0.05) is 11.1 Å². The number of nitrogens with one attached hydrogen (secondary N) is 1. The molecule has 3 rings (SSSR count). The van der Waals surface area contributed by atoms with Crippen LogP contribution in [0, 0.1) is 0 Å². The average Bonchev–Trinajstić information content (AvgIpc) is 3.05. The van der Waals surface area contributed by atoms with Crippen LogP contribution in [0.15, 0.2) is 41.4 Å². The molecule has 0 unspecified atom stereocenters. The maximum absolute atomic E-state index is 11.4. The standard InChI is InChI=1S/C21H23Cl2N3O3/c1-21(2,3)14-7-4-6-13(12-17(27)28)19(14)29-26-11-10-24-20(26)25-18-15(22)8-5-9-16(18)23/h4-9H,10-12H2,1-3H3,(H,24,25)(H,27,28). The lowest BCUT2D eigenvalue weighted by molar-refractivity contribution is -0.136. The Hall–Kier alpha value is -2.44. The van der Waals surface area contributed by atoms with E-state index in [-0.39, 0.29) is 11.8 Å². The molecule has 2 aromatic carbocycles. The average molecular weight is 436 g/mol. The Labute approximate surface area is 180 Å². The summed E-state index contributed by atoms with van der Waals surface area (Å²) >= 11 is 12.5. The second kappa shape index (κ2) is 8.51. The number of halogens is 2. The zero-order chi connectivity index (χ0) is 21.2. The van der Waals surface area contributed by atoms with Gasteiger partial charge in [-0.25, -0.2) is 4.99 Å². The molecule has 0 radical (unpaired) electrons. The van der Waals surface area contributed by atoms with Gasteiger partial charge in [0.25, 0.3) is 0 Å². The van der Waals surface area contributed by atoms with Crippen LogP contribution in [0.1, 0.15) is 31.9 Å². The largest absolute Gasteiger partial charge is 0.481 e. The van der Waals surface area contributed by atoms with Gasteiger partial charge in [0.05, 0.1) is 35.2 Å². The first kappa shape index (κ1) is 21.3. The van der Waals surface area contributed by atoms with Crippen molar-refractivity contribution in [2.75, 3.05) is 18.4 Å². The fraction of sp³-hybridized carbons (Fsp3) is 0.333. The molecule has 0 aromatic heterocycles. The Balaban J connectivity index is 1.92. The van der Waals surface area contributed by atoms with Crippen molar-refractivity contribution < 1.29 is 14.7 Å². The SMILES string of the molecule is CC(C)(C)c1cccc(CC(=O)O)c1ON1CCN=C1Nc1c(Cl)cccc1Cl. The van der Waals surface area contributed by atoms with E-state index in [1.54, 1.807) is 29.3 Å². The van der Waals surface area contributed by atoms with Gasteiger partial charge in [0.1, 0.15) is 0 Å². The topological polar surface area (TPSA) is 74.2 Å². The molecule has 2 aromatic rings. The van der Waals surface area contributed by atoms with E-state index in [1.807, 2.05) is 12.1 Å². The summed E-state index contributed by atoms with van der Waals surface area (Å²) in [5, 5.41) is 15.0. The summed E-state index contributed by atoms with van der Waals surface area (Å²) < 4.78 is 0. The van der Waals surface area contributed by atoms with Gasteiger partial charge in [-0.15, -0.1) is 0 Å². The quantitative estimate of drug-likeness (QED) is 0.691. The lowest BCUT2D eigenvalue weighted by Gasteiger charge is -2.28. The minimum atomic E-state index is -0.919. The predicted molar refractivity (Wildman–Crippen MR) is 116 cm³/mol. The van der Waals surface area contributed by atoms with Gasteiger partial charge in [-0.1, -0.05) is 68.2 Å². The minimum absolute atomic E-state index is 0.136. The molecule has 2 N–H and O–H groups in total. The number of carbonyl (C=O) groups is 1. The fourth-order valence-electron chi connectivity index (χ4n) is 3.05. The van der Waals surface area contributed by atoms with Crippen molar-refractivity contribution in [2.45, 2.75) is 32.6 Å². The van der Waals surface area contributed by atoms with Crippen molar-refractivity contribution in [1.82, 2.24) is 5.06 Å². The van der Waals surface area contributed by atoms with E-state index in [4.69, 9.17) is 28.0 Å². The van der Waals surface area contributed by atoms with Crippen LogP contribution in [-0.4, -0.2) is 35.2 Å². The lowest BCUT2D eigenvalue weighted by atomic mass is 9.85. The van der Waals surface area contributed by atoms with Gasteiger partial charge in [-0.2, -0.15) is 5.06 Å². The van der Waals surface area contributed by atoms with E-state index in [1.165, 1.54) is 0 Å². The van der Waals surface area contributed by atoms with Crippen LogP contribution in [0.4, 0.5) is 5.69 Å². The number of aliphatic carboxylic acids is 1. The third-order valence-electron chi connectivity index (χ3n) is 4.45. The highest BCUT2D eigenvalue weighted by Crippen LogP contribution is 2.36. The first-order valence-electron chi connectivity index (χ1n) is 9.22. The molecule has 0 atom stereocenters. The van der Waals surface area contributed by atoms with E-state index >= 15 is 0 Å². The maximum atomic E-state index is 11.4. The number of carboxylic acid groups (broad SMARTS) is 1. The zero-order valence-electron chi connectivity index (χ0n) is 16.5. The monoisotopic (exact) mass is 435 g/mol. The normalized spacial score (nSPS) is 14.0. The third-order valence-corrected chi connectivity index (χ3v) is 5.08. The molecule has 0 saturated carbocycles. The van der Waals surface area contributed by atoms with Gasteiger partial charge >= 0.3 is 5.97 Å². The molecule has 0 saturated heterocycles. The minimum Gasteiger partial charge on any atom is -0.481 e. The number of para-hydroxylation sites is 2. The van der Waals surface area contributed by atoms with Crippen molar-refractivity contribution in [3.63, 3.8) is 0 Å². The Morgan fingerprint density at radius 2 is 1.86 bits per heavy atom. The van der Waals surface area contributed by atoms with Crippen LogP contribution in [0.2, 0.25) is 10.0 Å². The van der Waals surface area contributed by atoms with Gasteiger partial charge in [-0.3, -0.25) is 4.79 Å². The molecule has 0 aliphatic carbocycles.